The molecule has 0 saturated heterocycles. The average molecular weight is 467 g/mol. The molecule has 4 aliphatic rings. The number of carbonyl (C=O) groups excluding carboxylic acids is 1. The fourth-order valence-corrected chi connectivity index (χ4v) is 9.18. The molecule has 4 rings (SSSR count). The summed E-state index contributed by atoms with van der Waals surface area (Å²) in [6, 6.07) is 0. The van der Waals surface area contributed by atoms with Gasteiger partial charge in [-0.05, 0) is 73.0 Å². The van der Waals surface area contributed by atoms with Gasteiger partial charge in [0.15, 0.2) is 0 Å². The molecule has 0 heterocycles. The predicted molar refractivity (Wildman–Crippen MR) is 125 cm³/mol. The van der Waals surface area contributed by atoms with Crippen LogP contribution in [-0.4, -0.2) is 61.3 Å². The average Bonchev–Trinajstić information content (AvgIpc) is 3.00. The van der Waals surface area contributed by atoms with Gasteiger partial charge in [-0.1, -0.05) is 34.6 Å². The largest absolute Gasteiger partial charge is 0.393 e. The number of carbonyl (C=O) groups is 1. The number of hydrogen-bond acceptors (Lipinski definition) is 6. The number of aliphatic hydroxyl groups excluding tert-OH is 4. The van der Waals surface area contributed by atoms with E-state index in [0.717, 1.165) is 25.7 Å². The Hall–Kier alpha value is -0.530. The summed E-state index contributed by atoms with van der Waals surface area (Å²) in [5.41, 5.74) is -2.14. The number of hydrogen-bond donors (Lipinski definition) is 5. The van der Waals surface area contributed by atoms with Crippen LogP contribution in [0.25, 0.3) is 0 Å². The van der Waals surface area contributed by atoms with E-state index in [1.807, 2.05) is 20.8 Å². The summed E-state index contributed by atoms with van der Waals surface area (Å²) in [5, 5.41) is 54.7. The van der Waals surface area contributed by atoms with Crippen molar-refractivity contribution in [1.29, 1.82) is 0 Å². The first kappa shape index (κ1) is 25.6. The Morgan fingerprint density at radius 1 is 0.970 bits per heavy atom. The van der Waals surface area contributed by atoms with Gasteiger partial charge in [-0.3, -0.25) is 4.79 Å². The number of fused-ring (bicyclic) bond motifs is 5. The highest BCUT2D eigenvalue weighted by molar-refractivity contribution is 5.86. The molecular formula is C27H46O6. The molecule has 0 aromatic rings. The molecule has 0 radical (unpaired) electrons. The summed E-state index contributed by atoms with van der Waals surface area (Å²) >= 11 is 0. The standard InChI is InChI=1S/C27H46O6/c1-14(2)17(28)7-6-15(3)16-12-19(30)24-25(16,4)11-9-21-26(5)10-8-18(29)23(32)22(26)20(31)13-27(21,24)33/h14-18,20-24,28-29,31-33H,6-13H2,1-5H3/t15-,16?,17+,18+,20+,21?,22?,23+,24?,25-,26-,27+/m1/s1. The van der Waals surface area contributed by atoms with Crippen LogP contribution in [0.1, 0.15) is 86.0 Å². The van der Waals surface area contributed by atoms with Gasteiger partial charge in [-0.15, -0.1) is 0 Å². The molecule has 0 aromatic heterocycles. The Bertz CT molecular complexity index is 755. The maximum Gasteiger partial charge on any atom is 0.139 e. The van der Waals surface area contributed by atoms with Crippen molar-refractivity contribution in [2.75, 3.05) is 0 Å². The van der Waals surface area contributed by atoms with Crippen molar-refractivity contribution >= 4 is 5.78 Å². The maximum absolute atomic E-state index is 13.5. The topological polar surface area (TPSA) is 118 Å². The van der Waals surface area contributed by atoms with Crippen molar-refractivity contribution in [3.05, 3.63) is 0 Å². The van der Waals surface area contributed by atoms with Crippen molar-refractivity contribution < 1.29 is 30.3 Å². The van der Waals surface area contributed by atoms with Gasteiger partial charge in [0.1, 0.15) is 5.78 Å². The van der Waals surface area contributed by atoms with E-state index in [2.05, 4.69) is 13.8 Å². The van der Waals surface area contributed by atoms with Crippen LogP contribution in [0.4, 0.5) is 0 Å². The van der Waals surface area contributed by atoms with Crippen LogP contribution in [0.15, 0.2) is 0 Å². The molecule has 6 nitrogen and oxygen atoms in total. The number of Topliss-reactive ketones (excluding diaryl/α,β-unsaturated/α-hetero) is 1. The van der Waals surface area contributed by atoms with Crippen LogP contribution in [0.2, 0.25) is 0 Å². The Balaban J connectivity index is 1.62. The Kier molecular flexibility index (Phi) is 6.62. The monoisotopic (exact) mass is 466 g/mol. The van der Waals surface area contributed by atoms with Crippen LogP contribution < -0.4 is 0 Å². The minimum atomic E-state index is -1.29. The van der Waals surface area contributed by atoms with Crippen molar-refractivity contribution in [2.24, 2.45) is 46.3 Å². The highest BCUT2D eigenvalue weighted by Crippen LogP contribution is 2.69. The fraction of sp³-hybridized carbons (Fsp3) is 0.963. The van der Waals surface area contributed by atoms with Crippen molar-refractivity contribution in [3.63, 3.8) is 0 Å². The zero-order valence-electron chi connectivity index (χ0n) is 21.1. The summed E-state index contributed by atoms with van der Waals surface area (Å²) in [4.78, 5) is 13.5. The molecule has 190 valence electrons. The number of ketones is 1. The highest BCUT2D eigenvalue weighted by atomic mass is 16.3. The Morgan fingerprint density at radius 2 is 1.61 bits per heavy atom. The molecule has 0 aromatic carbocycles. The lowest BCUT2D eigenvalue weighted by Gasteiger charge is -2.65. The first-order valence-electron chi connectivity index (χ1n) is 13.2. The Morgan fingerprint density at radius 3 is 2.24 bits per heavy atom. The molecule has 6 heteroatoms. The van der Waals surface area contributed by atoms with Crippen LogP contribution in [0, 0.1) is 46.3 Å². The fourth-order valence-electron chi connectivity index (χ4n) is 9.18. The van der Waals surface area contributed by atoms with E-state index in [0.29, 0.717) is 19.3 Å². The molecule has 0 bridgehead atoms. The molecule has 5 N–H and O–H groups in total. The Labute approximate surface area is 198 Å². The molecule has 4 fully saturated rings. The van der Waals surface area contributed by atoms with Crippen molar-refractivity contribution in [1.82, 2.24) is 0 Å². The van der Waals surface area contributed by atoms with Crippen LogP contribution in [-0.2, 0) is 4.79 Å². The number of aliphatic hydroxyl groups is 5. The first-order valence-corrected chi connectivity index (χ1v) is 13.2. The molecule has 4 aliphatic carbocycles. The molecule has 0 spiro atoms. The van der Waals surface area contributed by atoms with E-state index in [1.165, 1.54) is 0 Å². The van der Waals surface area contributed by atoms with E-state index in [1.54, 1.807) is 0 Å². The summed E-state index contributed by atoms with van der Waals surface area (Å²) in [7, 11) is 0. The van der Waals surface area contributed by atoms with Gasteiger partial charge in [-0.25, -0.2) is 0 Å². The third kappa shape index (κ3) is 3.74. The van der Waals surface area contributed by atoms with Crippen molar-refractivity contribution in [3.8, 4) is 0 Å². The molecule has 12 atom stereocenters. The minimum absolute atomic E-state index is 0.0842. The van der Waals surface area contributed by atoms with E-state index in [9.17, 15) is 30.3 Å². The third-order valence-electron chi connectivity index (χ3n) is 10.9. The second-order valence-corrected chi connectivity index (χ2v) is 13.1. The lowest BCUT2D eigenvalue weighted by molar-refractivity contribution is -0.269. The summed E-state index contributed by atoms with van der Waals surface area (Å²) in [6.45, 7) is 10.4. The molecule has 4 unspecified atom stereocenters. The van der Waals surface area contributed by atoms with Crippen LogP contribution in [0.3, 0.4) is 0 Å². The predicted octanol–water partition coefficient (Wildman–Crippen LogP) is 2.67. The summed E-state index contributed by atoms with van der Waals surface area (Å²) in [5.74, 6) is -0.441. The van der Waals surface area contributed by atoms with Gasteiger partial charge in [0.2, 0.25) is 0 Å². The van der Waals surface area contributed by atoms with Gasteiger partial charge in [-0.2, -0.15) is 0 Å². The quantitative estimate of drug-likeness (QED) is 0.425. The molecular weight excluding hydrogens is 420 g/mol. The van der Waals surface area contributed by atoms with Crippen molar-refractivity contribution in [2.45, 2.75) is 116 Å². The molecule has 0 aliphatic heterocycles. The van der Waals surface area contributed by atoms with Gasteiger partial charge in [0.25, 0.3) is 0 Å². The second kappa shape index (κ2) is 8.55. The zero-order valence-corrected chi connectivity index (χ0v) is 21.1. The van der Waals surface area contributed by atoms with E-state index >= 15 is 0 Å². The van der Waals surface area contributed by atoms with Gasteiger partial charge < -0.3 is 25.5 Å². The van der Waals surface area contributed by atoms with Crippen LogP contribution in [0.5, 0.6) is 0 Å². The van der Waals surface area contributed by atoms with Gasteiger partial charge in [0, 0.05) is 18.8 Å². The van der Waals surface area contributed by atoms with E-state index in [-0.39, 0.29) is 47.4 Å². The summed E-state index contributed by atoms with van der Waals surface area (Å²) < 4.78 is 0. The highest BCUT2D eigenvalue weighted by Gasteiger charge is 2.71. The summed E-state index contributed by atoms with van der Waals surface area (Å²) in [6.07, 6.45) is 1.64. The van der Waals surface area contributed by atoms with E-state index in [4.69, 9.17) is 0 Å². The second-order valence-electron chi connectivity index (χ2n) is 13.1. The van der Waals surface area contributed by atoms with Crippen LogP contribution >= 0.6 is 0 Å². The minimum Gasteiger partial charge on any atom is -0.393 e. The van der Waals surface area contributed by atoms with E-state index < -0.39 is 41.2 Å². The third-order valence-corrected chi connectivity index (χ3v) is 10.9. The lowest BCUT2D eigenvalue weighted by atomic mass is 9.41. The van der Waals surface area contributed by atoms with Gasteiger partial charge in [0.05, 0.1) is 35.9 Å². The van der Waals surface area contributed by atoms with Gasteiger partial charge >= 0.3 is 0 Å². The first-order chi connectivity index (χ1) is 15.3. The molecule has 4 saturated carbocycles. The SMILES string of the molecule is CC(C)[C@@H](O)CC[C@@H](C)C1CC(=O)C2[C@]1(C)CCC1[C@@]3(C)CC[C@H](O)[C@H](O)C3[C@@H](O)C[C@]12O. The smallest absolute Gasteiger partial charge is 0.139 e. The lowest BCUT2D eigenvalue weighted by Crippen LogP contribution is -2.70. The number of rotatable bonds is 5. The molecule has 33 heavy (non-hydrogen) atoms. The molecule has 0 amide bonds. The normalized spacial score (nSPS) is 51.6. The maximum atomic E-state index is 13.5. The zero-order chi connectivity index (χ0) is 24.5.